The highest BCUT2D eigenvalue weighted by Crippen LogP contribution is 2.26. The molecule has 0 aliphatic rings. The Labute approximate surface area is 112 Å². The number of aryl methyl sites for hydroxylation is 1. The van der Waals surface area contributed by atoms with Crippen LogP contribution in [0.15, 0.2) is 18.2 Å². The summed E-state index contributed by atoms with van der Waals surface area (Å²) >= 11 is 5.84. The molecule has 0 bridgehead atoms. The molecule has 1 amide bonds. The minimum Gasteiger partial charge on any atom is -0.318 e. The zero-order chi connectivity index (χ0) is 14.0. The largest absolute Gasteiger partial charge is 0.318 e. The normalized spacial score (nSPS) is 10.2. The number of rotatable bonds is 3. The van der Waals surface area contributed by atoms with Crippen LogP contribution in [0.3, 0.4) is 0 Å². The molecule has 98 valence electrons. The molecule has 2 N–H and O–H groups in total. The predicted molar refractivity (Wildman–Crippen MR) is 67.2 cm³/mol. The number of nitrogens with one attached hydrogen (secondary N) is 2. The van der Waals surface area contributed by atoms with Crippen molar-refractivity contribution in [1.29, 1.82) is 0 Å². The molecule has 0 radical (unpaired) electrons. The quantitative estimate of drug-likeness (QED) is 0.659. The van der Waals surface area contributed by atoms with Crippen LogP contribution < -0.4 is 5.32 Å². The van der Waals surface area contributed by atoms with Crippen molar-refractivity contribution in [3.05, 3.63) is 45.0 Å². The van der Waals surface area contributed by atoms with E-state index in [1.54, 1.807) is 6.92 Å². The van der Waals surface area contributed by atoms with Crippen molar-refractivity contribution in [1.82, 2.24) is 15.2 Å². The average Bonchev–Trinajstić information content (AvgIpc) is 2.78. The topological polar surface area (TPSA) is 114 Å². The Morgan fingerprint density at radius 2 is 2.26 bits per heavy atom. The number of amides is 1. The molecular weight excluding hydrogens is 274 g/mol. The summed E-state index contributed by atoms with van der Waals surface area (Å²) < 4.78 is 0. The first-order valence-corrected chi connectivity index (χ1v) is 5.49. The minimum absolute atomic E-state index is 0.0353. The van der Waals surface area contributed by atoms with Crippen LogP contribution >= 0.6 is 11.6 Å². The summed E-state index contributed by atoms with van der Waals surface area (Å²) in [6, 6.07) is 3.74. The van der Waals surface area contributed by atoms with E-state index in [2.05, 4.69) is 20.5 Å². The third-order valence-corrected chi connectivity index (χ3v) is 2.52. The summed E-state index contributed by atoms with van der Waals surface area (Å²) in [7, 11) is 0. The lowest BCUT2D eigenvalue weighted by Gasteiger charge is -2.04. The number of anilines is 1. The fourth-order valence-electron chi connectivity index (χ4n) is 1.34. The number of benzene rings is 1. The molecule has 0 saturated carbocycles. The number of halogens is 1. The van der Waals surface area contributed by atoms with E-state index < -0.39 is 10.8 Å². The van der Waals surface area contributed by atoms with Crippen LogP contribution in [0.2, 0.25) is 5.02 Å². The molecule has 0 fully saturated rings. The van der Waals surface area contributed by atoms with Crippen molar-refractivity contribution in [2.75, 3.05) is 5.32 Å². The summed E-state index contributed by atoms with van der Waals surface area (Å²) in [4.78, 5) is 25.6. The number of carbonyl (C=O) groups excluding carboxylic acids is 1. The fourth-order valence-corrected chi connectivity index (χ4v) is 1.56. The average molecular weight is 282 g/mol. The van der Waals surface area contributed by atoms with Crippen molar-refractivity contribution >= 4 is 28.9 Å². The van der Waals surface area contributed by atoms with Crippen LogP contribution in [-0.2, 0) is 0 Å². The third kappa shape index (κ3) is 2.86. The zero-order valence-corrected chi connectivity index (χ0v) is 10.4. The van der Waals surface area contributed by atoms with Crippen molar-refractivity contribution in [3.8, 4) is 0 Å². The second-order valence-corrected chi connectivity index (χ2v) is 4.03. The molecule has 1 aromatic carbocycles. The standard InChI is InChI=1S/C10H8ClN5O3/c1-5-12-9(15-14-5)10(17)13-8-3-2-6(16(18)19)4-7(8)11/h2-4H,1H3,(H,13,17)(H,12,14,15). The van der Waals surface area contributed by atoms with E-state index in [1.807, 2.05) is 0 Å². The Balaban J connectivity index is 2.20. The van der Waals surface area contributed by atoms with Gasteiger partial charge < -0.3 is 5.32 Å². The van der Waals surface area contributed by atoms with Crippen LogP contribution in [0.5, 0.6) is 0 Å². The second-order valence-electron chi connectivity index (χ2n) is 3.62. The van der Waals surface area contributed by atoms with Gasteiger partial charge in [0.15, 0.2) is 0 Å². The van der Waals surface area contributed by atoms with E-state index in [0.29, 0.717) is 5.82 Å². The van der Waals surface area contributed by atoms with Crippen LogP contribution in [0, 0.1) is 17.0 Å². The van der Waals surface area contributed by atoms with Crippen molar-refractivity contribution in [2.45, 2.75) is 6.92 Å². The maximum atomic E-state index is 11.7. The third-order valence-electron chi connectivity index (χ3n) is 2.21. The maximum absolute atomic E-state index is 11.7. The van der Waals surface area contributed by atoms with Gasteiger partial charge in [-0.15, -0.1) is 5.10 Å². The number of hydrogen-bond acceptors (Lipinski definition) is 5. The van der Waals surface area contributed by atoms with Gasteiger partial charge in [-0.05, 0) is 13.0 Å². The van der Waals surface area contributed by atoms with Gasteiger partial charge in [-0.1, -0.05) is 11.6 Å². The van der Waals surface area contributed by atoms with Gasteiger partial charge in [0.1, 0.15) is 5.82 Å². The number of carbonyl (C=O) groups is 1. The molecule has 9 heteroatoms. The summed E-state index contributed by atoms with van der Waals surface area (Å²) in [5.74, 6) is -0.0908. The van der Waals surface area contributed by atoms with Gasteiger partial charge in [-0.2, -0.15) is 0 Å². The predicted octanol–water partition coefficient (Wildman–Crippen LogP) is 1.93. The van der Waals surface area contributed by atoms with E-state index in [4.69, 9.17) is 11.6 Å². The molecule has 2 aromatic rings. The van der Waals surface area contributed by atoms with Gasteiger partial charge in [0.2, 0.25) is 5.82 Å². The number of nitro groups is 1. The number of aromatic amines is 1. The van der Waals surface area contributed by atoms with E-state index in [9.17, 15) is 14.9 Å². The summed E-state index contributed by atoms with van der Waals surface area (Å²) in [6.45, 7) is 1.66. The smallest absolute Gasteiger partial charge is 0.295 e. The first kappa shape index (κ1) is 13.0. The Morgan fingerprint density at radius 3 is 2.79 bits per heavy atom. The number of hydrogen-bond donors (Lipinski definition) is 2. The molecule has 0 atom stereocenters. The monoisotopic (exact) mass is 281 g/mol. The van der Waals surface area contributed by atoms with Gasteiger partial charge in [0.05, 0.1) is 15.6 Å². The molecule has 19 heavy (non-hydrogen) atoms. The Morgan fingerprint density at radius 1 is 1.53 bits per heavy atom. The van der Waals surface area contributed by atoms with Crippen LogP contribution in [0.25, 0.3) is 0 Å². The summed E-state index contributed by atoms with van der Waals surface area (Å²) in [6.07, 6.45) is 0. The molecular formula is C10H8ClN5O3. The highest BCUT2D eigenvalue weighted by atomic mass is 35.5. The van der Waals surface area contributed by atoms with Crippen molar-refractivity contribution in [2.24, 2.45) is 0 Å². The Bertz CT molecular complexity index is 654. The number of nitro benzene ring substituents is 1. The zero-order valence-electron chi connectivity index (χ0n) is 9.68. The lowest BCUT2D eigenvalue weighted by Crippen LogP contribution is -2.14. The van der Waals surface area contributed by atoms with Gasteiger partial charge in [-0.3, -0.25) is 20.0 Å². The highest BCUT2D eigenvalue weighted by Gasteiger charge is 2.15. The second kappa shape index (κ2) is 5.02. The van der Waals surface area contributed by atoms with Crippen molar-refractivity contribution in [3.63, 3.8) is 0 Å². The highest BCUT2D eigenvalue weighted by molar-refractivity contribution is 6.34. The molecule has 8 nitrogen and oxygen atoms in total. The number of non-ortho nitro benzene ring substituents is 1. The molecule has 0 aliphatic heterocycles. The molecule has 1 aromatic heterocycles. The van der Waals surface area contributed by atoms with Gasteiger partial charge in [0.25, 0.3) is 11.6 Å². The SMILES string of the molecule is Cc1nc(C(=O)Nc2ccc([N+](=O)[O-])cc2Cl)n[nH]1. The fraction of sp³-hybridized carbons (Fsp3) is 0.100. The maximum Gasteiger partial charge on any atom is 0.295 e. The number of nitrogens with zero attached hydrogens (tertiary/aromatic N) is 3. The van der Waals surface area contributed by atoms with E-state index in [-0.39, 0.29) is 22.2 Å². The van der Waals surface area contributed by atoms with Crippen LogP contribution in [0.1, 0.15) is 16.4 Å². The van der Waals surface area contributed by atoms with Gasteiger partial charge >= 0.3 is 0 Å². The molecule has 0 aliphatic carbocycles. The molecule has 2 rings (SSSR count). The lowest BCUT2D eigenvalue weighted by molar-refractivity contribution is -0.384. The van der Waals surface area contributed by atoms with Crippen molar-refractivity contribution < 1.29 is 9.72 Å². The van der Waals surface area contributed by atoms with E-state index >= 15 is 0 Å². The molecule has 1 heterocycles. The van der Waals surface area contributed by atoms with E-state index in [0.717, 1.165) is 6.07 Å². The van der Waals surface area contributed by atoms with E-state index in [1.165, 1.54) is 12.1 Å². The number of aromatic nitrogens is 3. The summed E-state index contributed by atoms with van der Waals surface area (Å²) in [5.41, 5.74) is 0.0939. The van der Waals surface area contributed by atoms with Crippen LogP contribution in [-0.4, -0.2) is 26.0 Å². The molecule has 0 saturated heterocycles. The number of H-pyrrole nitrogens is 1. The first-order valence-electron chi connectivity index (χ1n) is 5.11. The summed E-state index contributed by atoms with van der Waals surface area (Å²) in [5, 5.41) is 19.3. The molecule has 0 unspecified atom stereocenters. The Kier molecular flexibility index (Phi) is 3.43. The lowest BCUT2D eigenvalue weighted by atomic mass is 10.3. The Hall–Kier alpha value is -2.48. The van der Waals surface area contributed by atoms with Crippen LogP contribution in [0.4, 0.5) is 11.4 Å². The van der Waals surface area contributed by atoms with Gasteiger partial charge in [-0.25, -0.2) is 4.98 Å². The minimum atomic E-state index is -0.573. The van der Waals surface area contributed by atoms with Gasteiger partial charge in [0, 0.05) is 12.1 Å². The first-order chi connectivity index (χ1) is 8.97. The molecule has 0 spiro atoms.